The van der Waals surface area contributed by atoms with Crippen LogP contribution in [0.25, 0.3) is 0 Å². The number of hydrogen-bond donors (Lipinski definition) is 0. The van der Waals surface area contributed by atoms with E-state index in [0.717, 1.165) is 4.31 Å². The summed E-state index contributed by atoms with van der Waals surface area (Å²) in [6, 6.07) is 14.7. The van der Waals surface area contributed by atoms with E-state index in [9.17, 15) is 13.2 Å². The minimum absolute atomic E-state index is 0.110. The Morgan fingerprint density at radius 2 is 1.82 bits per heavy atom. The summed E-state index contributed by atoms with van der Waals surface area (Å²) < 4.78 is 31.9. The number of anilines is 1. The van der Waals surface area contributed by atoms with Crippen LogP contribution in [0.4, 0.5) is 5.69 Å². The lowest BCUT2D eigenvalue weighted by molar-refractivity contribution is -0.138. The van der Waals surface area contributed by atoms with Crippen LogP contribution in [0.2, 0.25) is 0 Å². The molecule has 2 rings (SSSR count). The molecule has 0 heterocycles. The smallest absolute Gasteiger partial charge is 0.326 e. The molecule has 22 heavy (non-hydrogen) atoms. The minimum atomic E-state index is -3.86. The molecule has 0 saturated heterocycles. The van der Waals surface area contributed by atoms with Crippen LogP contribution in [0.3, 0.4) is 0 Å². The highest BCUT2D eigenvalue weighted by Gasteiger charge is 2.27. The fourth-order valence-corrected chi connectivity index (χ4v) is 3.66. The Morgan fingerprint density at radius 1 is 1.14 bits per heavy atom. The monoisotopic (exact) mass is 383 g/mol. The van der Waals surface area contributed by atoms with Crippen molar-refractivity contribution in [1.82, 2.24) is 0 Å². The third kappa shape index (κ3) is 3.66. The van der Waals surface area contributed by atoms with Crippen molar-refractivity contribution in [3.05, 3.63) is 59.1 Å². The number of ether oxygens (including phenoxy) is 1. The van der Waals surface area contributed by atoms with Crippen LogP contribution in [-0.4, -0.2) is 28.0 Å². The van der Waals surface area contributed by atoms with Gasteiger partial charge in [0.05, 0.1) is 17.7 Å². The van der Waals surface area contributed by atoms with E-state index in [4.69, 9.17) is 0 Å². The predicted molar refractivity (Wildman–Crippen MR) is 87.1 cm³/mol. The van der Waals surface area contributed by atoms with E-state index < -0.39 is 22.5 Å². The summed E-state index contributed by atoms with van der Waals surface area (Å²) in [6.07, 6.45) is 0. The summed E-state index contributed by atoms with van der Waals surface area (Å²) in [5.74, 6) is -0.639. The van der Waals surface area contributed by atoms with Crippen LogP contribution in [0.1, 0.15) is 0 Å². The number of methoxy groups -OCH3 is 1. The van der Waals surface area contributed by atoms with Crippen molar-refractivity contribution in [3.63, 3.8) is 0 Å². The van der Waals surface area contributed by atoms with Gasteiger partial charge >= 0.3 is 5.97 Å². The molecule has 0 atom stereocenters. The molecule has 2 aromatic carbocycles. The Hall–Kier alpha value is -1.86. The van der Waals surface area contributed by atoms with Gasteiger partial charge in [-0.2, -0.15) is 0 Å². The number of benzene rings is 2. The van der Waals surface area contributed by atoms with Gasteiger partial charge in [0.1, 0.15) is 6.54 Å². The molecule has 0 aromatic heterocycles. The Balaban J connectivity index is 2.51. The van der Waals surface area contributed by atoms with Crippen molar-refractivity contribution in [2.75, 3.05) is 18.0 Å². The first-order valence-corrected chi connectivity index (χ1v) is 8.58. The first-order chi connectivity index (χ1) is 10.4. The Kier molecular flexibility index (Phi) is 5.20. The van der Waals surface area contributed by atoms with Crippen molar-refractivity contribution in [1.29, 1.82) is 0 Å². The number of sulfonamides is 1. The Labute approximate surface area is 137 Å². The van der Waals surface area contributed by atoms with Crippen molar-refractivity contribution < 1.29 is 17.9 Å². The molecule has 0 fully saturated rings. The predicted octanol–water partition coefficient (Wildman–Crippen LogP) is 2.82. The maximum Gasteiger partial charge on any atom is 0.326 e. The highest BCUT2D eigenvalue weighted by Crippen LogP contribution is 2.26. The molecule has 0 N–H and O–H groups in total. The fraction of sp³-hybridized carbons (Fsp3) is 0.133. The number of halogens is 1. The molecule has 0 amide bonds. The molecule has 2 aromatic rings. The van der Waals surface area contributed by atoms with Gasteiger partial charge in [0.25, 0.3) is 10.0 Å². The van der Waals surface area contributed by atoms with Gasteiger partial charge in [-0.15, -0.1) is 0 Å². The van der Waals surface area contributed by atoms with E-state index in [0.29, 0.717) is 10.2 Å². The highest BCUT2D eigenvalue weighted by atomic mass is 79.9. The van der Waals surface area contributed by atoms with Crippen molar-refractivity contribution in [2.24, 2.45) is 0 Å². The summed E-state index contributed by atoms with van der Waals surface area (Å²) in [6.45, 7) is -0.399. The van der Waals surface area contributed by atoms with Crippen LogP contribution in [0.15, 0.2) is 64.0 Å². The van der Waals surface area contributed by atoms with E-state index in [1.165, 1.54) is 19.2 Å². The number of rotatable bonds is 5. The third-order valence-corrected chi connectivity index (χ3v) is 5.21. The van der Waals surface area contributed by atoms with Crippen LogP contribution in [0, 0.1) is 0 Å². The molecule has 0 bridgehead atoms. The van der Waals surface area contributed by atoms with Gasteiger partial charge in [0.15, 0.2) is 0 Å². The van der Waals surface area contributed by atoms with Crippen LogP contribution in [0.5, 0.6) is 0 Å². The highest BCUT2D eigenvalue weighted by molar-refractivity contribution is 9.10. The molecule has 0 aliphatic heterocycles. The Bertz CT molecular complexity index is 762. The summed E-state index contributed by atoms with van der Waals surface area (Å²) in [5.41, 5.74) is 0.378. The average Bonchev–Trinajstić information content (AvgIpc) is 2.53. The van der Waals surface area contributed by atoms with E-state index in [-0.39, 0.29) is 4.90 Å². The number of esters is 1. The van der Waals surface area contributed by atoms with Crippen molar-refractivity contribution in [2.45, 2.75) is 4.90 Å². The van der Waals surface area contributed by atoms with E-state index in [1.807, 2.05) is 0 Å². The summed E-state index contributed by atoms with van der Waals surface area (Å²) in [5, 5.41) is 0. The molecular weight excluding hydrogens is 370 g/mol. The van der Waals surface area contributed by atoms with Gasteiger partial charge in [-0.25, -0.2) is 8.42 Å². The zero-order chi connectivity index (χ0) is 16.2. The molecule has 0 saturated carbocycles. The minimum Gasteiger partial charge on any atom is -0.468 e. The number of carbonyl (C=O) groups excluding carboxylic acids is 1. The fourth-order valence-electron chi connectivity index (χ4n) is 1.85. The maximum absolute atomic E-state index is 12.8. The van der Waals surface area contributed by atoms with Crippen LogP contribution >= 0.6 is 15.9 Å². The van der Waals surface area contributed by atoms with Gasteiger partial charge in [-0.3, -0.25) is 9.10 Å². The second-order valence-electron chi connectivity index (χ2n) is 4.38. The topological polar surface area (TPSA) is 63.7 Å². The molecule has 5 nitrogen and oxygen atoms in total. The SMILES string of the molecule is COC(=O)CN(c1cccc(Br)c1)S(=O)(=O)c1ccccc1. The average molecular weight is 384 g/mol. The molecule has 0 aliphatic rings. The number of hydrogen-bond acceptors (Lipinski definition) is 4. The molecule has 7 heteroatoms. The quantitative estimate of drug-likeness (QED) is 0.744. The third-order valence-electron chi connectivity index (χ3n) is 2.93. The zero-order valence-electron chi connectivity index (χ0n) is 11.8. The lowest BCUT2D eigenvalue weighted by Gasteiger charge is -2.23. The van der Waals surface area contributed by atoms with Gasteiger partial charge in [0, 0.05) is 4.47 Å². The number of carbonyl (C=O) groups is 1. The molecular formula is C15H14BrNO4S. The van der Waals surface area contributed by atoms with Crippen molar-refractivity contribution >= 4 is 37.6 Å². The second-order valence-corrected chi connectivity index (χ2v) is 7.16. The standard InChI is InChI=1S/C15H14BrNO4S/c1-21-15(18)11-17(13-7-5-6-12(16)10-13)22(19,20)14-8-3-2-4-9-14/h2-10H,11H2,1H3. The van der Waals surface area contributed by atoms with Crippen molar-refractivity contribution in [3.8, 4) is 0 Å². The van der Waals surface area contributed by atoms with Crippen LogP contribution in [-0.2, 0) is 19.6 Å². The molecule has 0 unspecified atom stereocenters. The summed E-state index contributed by atoms with van der Waals surface area (Å²) in [4.78, 5) is 11.7. The van der Waals surface area contributed by atoms with Gasteiger partial charge in [-0.05, 0) is 30.3 Å². The summed E-state index contributed by atoms with van der Waals surface area (Å²) >= 11 is 3.30. The first-order valence-electron chi connectivity index (χ1n) is 6.35. The molecule has 0 spiro atoms. The van der Waals surface area contributed by atoms with Crippen LogP contribution < -0.4 is 4.31 Å². The van der Waals surface area contributed by atoms with Gasteiger partial charge < -0.3 is 4.74 Å². The lowest BCUT2D eigenvalue weighted by atomic mass is 10.3. The molecule has 0 aliphatic carbocycles. The van der Waals surface area contributed by atoms with E-state index in [1.54, 1.807) is 42.5 Å². The molecule has 116 valence electrons. The largest absolute Gasteiger partial charge is 0.468 e. The number of nitrogens with zero attached hydrogens (tertiary/aromatic N) is 1. The van der Waals surface area contributed by atoms with E-state index in [2.05, 4.69) is 20.7 Å². The van der Waals surface area contributed by atoms with Gasteiger partial charge in [0.2, 0.25) is 0 Å². The van der Waals surface area contributed by atoms with Gasteiger partial charge in [-0.1, -0.05) is 40.2 Å². The lowest BCUT2D eigenvalue weighted by Crippen LogP contribution is -2.36. The molecule has 0 radical (unpaired) electrons. The second kappa shape index (κ2) is 6.93. The zero-order valence-corrected chi connectivity index (χ0v) is 14.2. The maximum atomic E-state index is 12.8. The normalized spacial score (nSPS) is 11.0. The summed E-state index contributed by atoms with van der Waals surface area (Å²) in [7, 11) is -2.65. The Morgan fingerprint density at radius 3 is 2.41 bits per heavy atom. The first kappa shape index (κ1) is 16.5. The van der Waals surface area contributed by atoms with E-state index >= 15 is 0 Å².